The van der Waals surface area contributed by atoms with E-state index < -0.39 is 90.9 Å². The summed E-state index contributed by atoms with van der Waals surface area (Å²) in [6, 6.07) is 34.5. The number of rotatable bonds is 27. The number of ketones is 1. The third-order valence-corrected chi connectivity index (χ3v) is 25.1. The Morgan fingerprint density at radius 3 is 2.19 bits per heavy atom. The Morgan fingerprint density at radius 2 is 1.54 bits per heavy atom. The quantitative estimate of drug-likeness (QED) is 0.0247. The number of carbonyl (C=O) groups is 5. The maximum absolute atomic E-state index is 14.5. The van der Waals surface area contributed by atoms with Gasteiger partial charge in [-0.25, -0.2) is 21.8 Å². The van der Waals surface area contributed by atoms with Crippen molar-refractivity contribution in [2.24, 2.45) is 16.7 Å². The second-order valence-electron chi connectivity index (χ2n) is 28.9. The number of aliphatic hydroxyl groups excluding tert-OH is 1. The smallest absolute Gasteiger partial charge is 0.246 e. The average molecular weight is 1460 g/mol. The molecule has 0 bridgehead atoms. The maximum Gasteiger partial charge on any atom is 0.246 e. The molecule has 6 atom stereocenters. The number of morpholine rings is 1. The number of anilines is 1. The van der Waals surface area contributed by atoms with Gasteiger partial charge in [-0.05, 0) is 158 Å². The second kappa shape index (κ2) is 33.1. The number of aryl methyl sites for hydroxylation is 1. The number of Topliss-reactive ketones (excluding diaryl/α,β-unsaturated/α-hetero) is 1. The highest BCUT2D eigenvalue weighted by Crippen LogP contribution is 2.44. The Morgan fingerprint density at radius 1 is 0.860 bits per heavy atom. The number of aliphatic hydroxyl groups is 1. The molecule has 19 nitrogen and oxygen atoms in total. The Balaban J connectivity index is 0.728. The minimum absolute atomic E-state index is 0.0328. The monoisotopic (exact) mass is 1460 g/mol. The van der Waals surface area contributed by atoms with Crippen molar-refractivity contribution >= 4 is 95.0 Å². The van der Waals surface area contributed by atoms with Crippen molar-refractivity contribution in [3.8, 4) is 10.4 Å². The van der Waals surface area contributed by atoms with Crippen LogP contribution in [0.4, 0.5) is 5.69 Å². The number of ether oxygens (including phenoxy) is 1. The zero-order valence-electron chi connectivity index (χ0n) is 58.6. The summed E-state index contributed by atoms with van der Waals surface area (Å²) in [6.45, 7) is 19.1. The molecular formula is C76H95ClN8O11S4. The van der Waals surface area contributed by atoms with Crippen molar-refractivity contribution in [1.82, 2.24) is 35.2 Å². The molecule has 0 saturated carbocycles. The van der Waals surface area contributed by atoms with Gasteiger partial charge in [-0.3, -0.25) is 33.8 Å². The molecule has 0 spiro atoms. The Kier molecular flexibility index (Phi) is 25.1. The highest BCUT2D eigenvalue weighted by molar-refractivity contribution is 7.99. The van der Waals surface area contributed by atoms with Crippen LogP contribution in [0.15, 0.2) is 147 Å². The van der Waals surface area contributed by atoms with E-state index in [1.165, 1.54) is 28.2 Å². The number of aromatic nitrogens is 1. The van der Waals surface area contributed by atoms with Gasteiger partial charge in [0.15, 0.2) is 25.5 Å². The number of thioether (sulfide) groups is 1. The lowest BCUT2D eigenvalue weighted by Crippen LogP contribution is -2.58. The van der Waals surface area contributed by atoms with Gasteiger partial charge >= 0.3 is 0 Å². The van der Waals surface area contributed by atoms with E-state index in [0.29, 0.717) is 62.8 Å². The van der Waals surface area contributed by atoms with Gasteiger partial charge in [0.05, 0.1) is 51.2 Å². The van der Waals surface area contributed by atoms with Crippen LogP contribution in [-0.4, -0.2) is 198 Å². The summed E-state index contributed by atoms with van der Waals surface area (Å²) in [5, 5.41) is 17.4. The molecule has 4 aliphatic rings. The lowest BCUT2D eigenvalue weighted by molar-refractivity contribution is -0.145. The number of amides is 4. The minimum atomic E-state index is -4.25. The van der Waals surface area contributed by atoms with Crippen LogP contribution in [0.3, 0.4) is 0 Å². The number of allylic oxidation sites excluding steroid dienone is 1. The molecule has 3 fully saturated rings. The third-order valence-electron chi connectivity index (χ3n) is 19.8. The number of sulfone groups is 2. The number of halogens is 1. The Bertz CT molecular complexity index is 4140. The first-order chi connectivity index (χ1) is 47.5. The number of likely N-dealkylation sites (tertiary alicyclic amines) is 1. The topological polar surface area (TPSA) is 236 Å². The van der Waals surface area contributed by atoms with E-state index in [2.05, 4.69) is 49.4 Å². The van der Waals surface area contributed by atoms with Crippen molar-refractivity contribution < 1.29 is 50.7 Å². The van der Waals surface area contributed by atoms with Crippen molar-refractivity contribution in [3.05, 3.63) is 165 Å². The molecule has 3 aliphatic heterocycles. The van der Waals surface area contributed by atoms with Crippen LogP contribution in [0.2, 0.25) is 5.02 Å². The summed E-state index contributed by atoms with van der Waals surface area (Å²) >= 11 is 9.66. The molecule has 3 saturated heterocycles. The number of nitrogens with zero attached hydrogens (tertiary/aromatic N) is 6. The Hall–Kier alpha value is -6.80. The summed E-state index contributed by atoms with van der Waals surface area (Å²) in [5.74, 6) is -2.56. The van der Waals surface area contributed by atoms with E-state index in [1.54, 1.807) is 58.8 Å². The molecule has 100 heavy (non-hydrogen) atoms. The Labute approximate surface area is 603 Å². The van der Waals surface area contributed by atoms with Gasteiger partial charge in [-0.1, -0.05) is 106 Å². The number of nitrogens with one attached hydrogen (secondary N) is 2. The number of β-amino-alcohol motifs (C(OH)–C–C–N with tert-alkyl or cyclic N) is 1. The molecule has 3 N–H and O–H groups in total. The number of hydrogen-bond donors (Lipinski definition) is 3. The summed E-state index contributed by atoms with van der Waals surface area (Å²) in [4.78, 5) is 86.6. The highest BCUT2D eigenvalue weighted by Gasteiger charge is 2.45. The first-order valence-electron chi connectivity index (χ1n) is 34.4. The van der Waals surface area contributed by atoms with Gasteiger partial charge in [0.25, 0.3) is 0 Å². The van der Waals surface area contributed by atoms with E-state index in [9.17, 15) is 45.9 Å². The summed E-state index contributed by atoms with van der Waals surface area (Å²) in [5.41, 5.74) is 8.68. The van der Waals surface area contributed by atoms with Crippen LogP contribution in [0, 0.1) is 23.7 Å². The first kappa shape index (κ1) is 75.9. The highest BCUT2D eigenvalue weighted by atomic mass is 35.5. The van der Waals surface area contributed by atoms with Crippen LogP contribution in [0.5, 0.6) is 0 Å². The van der Waals surface area contributed by atoms with Crippen LogP contribution >= 0.6 is 34.7 Å². The zero-order chi connectivity index (χ0) is 71.7. The lowest BCUT2D eigenvalue weighted by Gasteiger charge is -2.42. The molecule has 10 rings (SSSR count). The fraction of sp³-hybridized carbons (Fsp3) is 0.474. The van der Waals surface area contributed by atoms with Crippen LogP contribution < -0.4 is 15.5 Å². The summed E-state index contributed by atoms with van der Waals surface area (Å²) < 4.78 is 60.4. The predicted molar refractivity (Wildman–Crippen MR) is 396 cm³/mol. The van der Waals surface area contributed by atoms with E-state index in [4.69, 9.17) is 16.3 Å². The van der Waals surface area contributed by atoms with E-state index >= 15 is 0 Å². The zero-order valence-corrected chi connectivity index (χ0v) is 62.6. The van der Waals surface area contributed by atoms with Gasteiger partial charge in [-0.2, -0.15) is 0 Å². The largest absolute Gasteiger partial charge is 0.391 e. The van der Waals surface area contributed by atoms with E-state index in [0.717, 1.165) is 102 Å². The average Bonchev–Trinajstić information content (AvgIpc) is 1.28. The standard InChI is InChI=1S/C76H95ClN8O11S4/c1-51(54-14-16-57(17-15-54)71-52(2)78-50-98-71)79-73(90)66-41-62(86)46-85(66)74(91)72(75(3,4)5)80-69(88)43-70(89)81(7)49-76(6)30-28-65(55-18-23-60(77)24-19-55)59(44-76)45-83-32-34-84(35-33-83)61-25-20-56(21-26-61)67(87)48-100(94,95)64-27-22-58(68(42-64)99(8,92)93)40-53(29-31-82-36-38-96-39-37-82)47-97-63-12-10-9-11-13-63/h9-27,42,50-51,53,62,66,72,86H,28-41,43-49H2,1-8H3,(H,79,90)(H,80,88)/t51-,53-,62+,66-,72+,76?/m0/s1. The van der Waals surface area contributed by atoms with Crippen molar-refractivity contribution in [2.45, 2.75) is 125 Å². The molecule has 0 radical (unpaired) electrons. The normalized spacial score (nSPS) is 19.8. The van der Waals surface area contributed by atoms with Gasteiger partial charge < -0.3 is 35.2 Å². The van der Waals surface area contributed by atoms with Crippen LogP contribution in [0.25, 0.3) is 16.0 Å². The SMILES string of the molecule is Cc1ncsc1-c1ccc([C@H](C)NC(=O)[C@@H]2C[C@@H](O)CN2C(=O)[C@@H](NC(=O)CC(=O)N(C)CC2(C)CCC(c3ccc(Cl)cc3)=C(CN3CCN(c4ccc(C(=O)CS(=O)(=O)c5ccc(C[C@H](CCN6CCOCC6)CSc6ccccc6)c(S(C)(=O)=O)c5)cc4)CC3)C2)C(C)(C)C)cc1. The predicted octanol–water partition coefficient (Wildman–Crippen LogP) is 10.5. The maximum atomic E-state index is 14.5. The third kappa shape index (κ3) is 19.9. The fourth-order valence-corrected chi connectivity index (χ4v) is 18.4. The van der Waals surface area contributed by atoms with E-state index in [-0.39, 0.29) is 39.7 Å². The number of thiazole rings is 1. The van der Waals surface area contributed by atoms with Crippen molar-refractivity contribution in [1.29, 1.82) is 0 Å². The minimum Gasteiger partial charge on any atom is -0.391 e. The number of piperazine rings is 1. The van der Waals surface area contributed by atoms with Crippen LogP contribution in [-0.2, 0) is 50.0 Å². The number of benzene rings is 5. The fourth-order valence-electron chi connectivity index (χ4n) is 14.1. The molecule has 1 aliphatic carbocycles. The number of hydrogen-bond acceptors (Lipinski definition) is 17. The molecule has 4 amide bonds. The van der Waals surface area contributed by atoms with Gasteiger partial charge in [-0.15, -0.1) is 23.1 Å². The molecule has 5 aromatic carbocycles. The van der Waals surface area contributed by atoms with Crippen LogP contribution in [0.1, 0.15) is 112 Å². The molecule has 24 heteroatoms. The van der Waals surface area contributed by atoms with Gasteiger partial charge in [0, 0.05) is 106 Å². The molecule has 1 aromatic heterocycles. The summed E-state index contributed by atoms with van der Waals surface area (Å²) in [6.07, 6.45) is 3.14. The van der Waals surface area contributed by atoms with Crippen molar-refractivity contribution in [2.75, 3.05) is 108 Å². The molecule has 6 aromatic rings. The molecule has 1 unspecified atom stereocenters. The van der Waals surface area contributed by atoms with E-state index in [1.807, 2.05) is 113 Å². The second-order valence-corrected chi connectivity index (χ2v) is 35.2. The molecule has 536 valence electrons. The first-order valence-corrected chi connectivity index (χ1v) is 40.2. The number of carbonyl (C=O) groups excluding carboxylic acids is 5. The van der Waals surface area contributed by atoms with Gasteiger partial charge in [0.1, 0.15) is 24.3 Å². The van der Waals surface area contributed by atoms with Crippen molar-refractivity contribution in [3.63, 3.8) is 0 Å². The molecular weight excluding hydrogens is 1360 g/mol. The lowest BCUT2D eigenvalue weighted by atomic mass is 9.71. The molecule has 4 heterocycles. The van der Waals surface area contributed by atoms with Gasteiger partial charge in [0.2, 0.25) is 23.6 Å². The summed E-state index contributed by atoms with van der Waals surface area (Å²) in [7, 11) is -6.41.